The number of hydrogen-bond donors (Lipinski definition) is 1. The van der Waals surface area contributed by atoms with Crippen molar-refractivity contribution < 1.29 is 19.0 Å². The highest BCUT2D eigenvalue weighted by Crippen LogP contribution is 2.32. The Morgan fingerprint density at radius 2 is 1.71 bits per heavy atom. The summed E-state index contributed by atoms with van der Waals surface area (Å²) in [6, 6.07) is 15.3. The second kappa shape index (κ2) is 8.08. The van der Waals surface area contributed by atoms with Gasteiger partial charge in [0.25, 0.3) is 5.91 Å². The maximum Gasteiger partial charge on any atom is 0.250 e. The second-order valence-corrected chi connectivity index (χ2v) is 6.40. The molecule has 0 fully saturated rings. The number of nitrogens with two attached hydrogens (primary N) is 1. The average Bonchev–Trinajstić information content (AvgIpc) is 3.04. The van der Waals surface area contributed by atoms with Crippen molar-refractivity contribution in [3.8, 4) is 28.5 Å². The summed E-state index contributed by atoms with van der Waals surface area (Å²) in [6.07, 6.45) is 0. The number of carbonyl (C=O) groups is 1. The van der Waals surface area contributed by atoms with E-state index in [0.29, 0.717) is 23.6 Å². The maximum absolute atomic E-state index is 11.9. The highest BCUT2D eigenvalue weighted by molar-refractivity contribution is 5.95. The van der Waals surface area contributed by atoms with Crippen molar-refractivity contribution in [3.63, 3.8) is 0 Å². The first kappa shape index (κ1) is 19.4. The van der Waals surface area contributed by atoms with E-state index in [9.17, 15) is 4.79 Å². The molecule has 2 N–H and O–H groups in total. The van der Waals surface area contributed by atoms with Gasteiger partial charge in [-0.1, -0.05) is 18.2 Å². The van der Waals surface area contributed by atoms with Crippen molar-refractivity contribution in [2.45, 2.75) is 13.5 Å². The molecule has 0 unspecified atom stereocenters. The van der Waals surface area contributed by atoms with Crippen molar-refractivity contribution in [1.29, 1.82) is 0 Å². The van der Waals surface area contributed by atoms with Gasteiger partial charge in [0, 0.05) is 23.5 Å². The summed E-state index contributed by atoms with van der Waals surface area (Å²) in [5.74, 6) is 1.62. The summed E-state index contributed by atoms with van der Waals surface area (Å²) in [7, 11) is 4.84. The van der Waals surface area contributed by atoms with Crippen LogP contribution in [0.15, 0.2) is 48.5 Å². The molecule has 0 saturated carbocycles. The molecule has 2 aromatic carbocycles. The molecule has 146 valence electrons. The van der Waals surface area contributed by atoms with Gasteiger partial charge in [-0.3, -0.25) is 4.79 Å². The Balaban J connectivity index is 2.10. The Morgan fingerprint density at radius 3 is 2.36 bits per heavy atom. The Hall–Kier alpha value is -3.41. The highest BCUT2D eigenvalue weighted by atomic mass is 16.5. The summed E-state index contributed by atoms with van der Waals surface area (Å²) in [4.78, 5) is 11.9. The number of nitrogens with zero attached hydrogens (tertiary/aromatic N) is 1. The second-order valence-electron chi connectivity index (χ2n) is 6.40. The van der Waals surface area contributed by atoms with E-state index in [1.165, 1.54) is 0 Å². The van der Waals surface area contributed by atoms with Crippen LogP contribution in [0.4, 0.5) is 0 Å². The van der Waals surface area contributed by atoms with Gasteiger partial charge in [-0.15, -0.1) is 0 Å². The van der Waals surface area contributed by atoms with E-state index in [0.717, 1.165) is 28.3 Å². The van der Waals surface area contributed by atoms with Gasteiger partial charge in [0.2, 0.25) is 0 Å². The van der Waals surface area contributed by atoms with E-state index in [1.54, 1.807) is 21.3 Å². The number of benzene rings is 2. The van der Waals surface area contributed by atoms with Crippen molar-refractivity contribution in [3.05, 3.63) is 65.4 Å². The van der Waals surface area contributed by atoms with Gasteiger partial charge in [0.15, 0.2) is 11.5 Å². The molecule has 6 nitrogen and oxygen atoms in total. The van der Waals surface area contributed by atoms with Crippen LogP contribution < -0.4 is 19.9 Å². The fraction of sp³-hybridized carbons (Fsp3) is 0.227. The lowest BCUT2D eigenvalue weighted by molar-refractivity contribution is 0.0999. The molecule has 0 spiro atoms. The third-order valence-electron chi connectivity index (χ3n) is 4.79. The predicted octanol–water partition coefficient (Wildman–Crippen LogP) is 3.64. The van der Waals surface area contributed by atoms with E-state index in [1.807, 2.05) is 55.5 Å². The van der Waals surface area contributed by atoms with Gasteiger partial charge in [0.05, 0.1) is 26.9 Å². The van der Waals surface area contributed by atoms with E-state index in [2.05, 4.69) is 4.57 Å². The zero-order chi connectivity index (χ0) is 20.3. The van der Waals surface area contributed by atoms with Crippen LogP contribution >= 0.6 is 0 Å². The fourth-order valence-electron chi connectivity index (χ4n) is 3.28. The van der Waals surface area contributed by atoms with E-state index in [4.69, 9.17) is 19.9 Å². The number of hydrogen-bond acceptors (Lipinski definition) is 4. The first-order valence-corrected chi connectivity index (χ1v) is 8.83. The molecule has 1 aromatic heterocycles. The van der Waals surface area contributed by atoms with Crippen molar-refractivity contribution in [2.24, 2.45) is 5.73 Å². The maximum atomic E-state index is 11.9. The fourth-order valence-corrected chi connectivity index (χ4v) is 3.28. The molecule has 0 saturated heterocycles. The number of methoxy groups -OCH3 is 3. The Kier molecular flexibility index (Phi) is 5.59. The molecule has 0 radical (unpaired) electrons. The molecular formula is C22H24N2O4. The van der Waals surface area contributed by atoms with Crippen LogP contribution in [-0.4, -0.2) is 31.8 Å². The van der Waals surface area contributed by atoms with Crippen molar-refractivity contribution in [2.75, 3.05) is 21.3 Å². The molecule has 1 amide bonds. The van der Waals surface area contributed by atoms with Crippen LogP contribution in [0.3, 0.4) is 0 Å². The van der Waals surface area contributed by atoms with E-state index in [-0.39, 0.29) is 0 Å². The van der Waals surface area contributed by atoms with Gasteiger partial charge in [-0.25, -0.2) is 0 Å². The smallest absolute Gasteiger partial charge is 0.250 e. The van der Waals surface area contributed by atoms with Crippen molar-refractivity contribution in [1.82, 2.24) is 4.57 Å². The molecule has 3 aromatic rings. The number of ether oxygens (including phenoxy) is 3. The van der Waals surface area contributed by atoms with Gasteiger partial charge >= 0.3 is 0 Å². The minimum atomic E-state index is -0.451. The Morgan fingerprint density at radius 1 is 0.964 bits per heavy atom. The number of amides is 1. The number of aromatic nitrogens is 1. The quantitative estimate of drug-likeness (QED) is 0.679. The zero-order valence-electron chi connectivity index (χ0n) is 16.5. The summed E-state index contributed by atoms with van der Waals surface area (Å²) in [5.41, 5.74) is 9.74. The van der Waals surface area contributed by atoms with Crippen LogP contribution in [0.5, 0.6) is 17.2 Å². The standard InChI is InChI=1S/C22H24N2O4/c1-14-18(22(23)25)12-19(16-6-5-7-17(11-16)26-2)24(14)13-15-8-9-20(27-3)21(10-15)28-4/h5-12H,13H2,1-4H3,(H2,23,25). The molecule has 0 bridgehead atoms. The average molecular weight is 380 g/mol. The number of carbonyl (C=O) groups excluding carboxylic acids is 1. The monoisotopic (exact) mass is 380 g/mol. The third-order valence-corrected chi connectivity index (χ3v) is 4.79. The normalized spacial score (nSPS) is 10.6. The molecule has 6 heteroatoms. The summed E-state index contributed by atoms with van der Waals surface area (Å²) >= 11 is 0. The lowest BCUT2D eigenvalue weighted by Gasteiger charge is -2.15. The minimum Gasteiger partial charge on any atom is -0.497 e. The molecular weight excluding hydrogens is 356 g/mol. The largest absolute Gasteiger partial charge is 0.497 e. The highest BCUT2D eigenvalue weighted by Gasteiger charge is 2.18. The predicted molar refractivity (Wildman–Crippen MR) is 108 cm³/mol. The summed E-state index contributed by atoms with van der Waals surface area (Å²) < 4.78 is 18.1. The Bertz CT molecular complexity index is 1010. The van der Waals surface area contributed by atoms with Crippen molar-refractivity contribution >= 4 is 5.91 Å². The van der Waals surface area contributed by atoms with E-state index >= 15 is 0 Å². The van der Waals surface area contributed by atoms with Crippen LogP contribution in [0, 0.1) is 6.92 Å². The molecule has 28 heavy (non-hydrogen) atoms. The lowest BCUT2D eigenvalue weighted by Crippen LogP contribution is -2.12. The first-order valence-electron chi connectivity index (χ1n) is 8.83. The molecule has 0 atom stereocenters. The summed E-state index contributed by atoms with van der Waals surface area (Å²) in [6.45, 7) is 2.44. The number of rotatable bonds is 7. The lowest BCUT2D eigenvalue weighted by atomic mass is 10.1. The topological polar surface area (TPSA) is 75.7 Å². The SMILES string of the molecule is COc1cccc(-c2cc(C(N)=O)c(C)n2Cc2ccc(OC)c(OC)c2)c1. The Labute approximate surface area is 164 Å². The number of primary amides is 1. The molecule has 0 aliphatic heterocycles. The molecule has 0 aliphatic rings. The van der Waals surface area contributed by atoms with Gasteiger partial charge in [-0.05, 0) is 42.8 Å². The van der Waals surface area contributed by atoms with Crippen LogP contribution in [0.25, 0.3) is 11.3 Å². The van der Waals surface area contributed by atoms with E-state index < -0.39 is 5.91 Å². The molecule has 0 aliphatic carbocycles. The third kappa shape index (κ3) is 3.67. The molecule has 1 heterocycles. The van der Waals surface area contributed by atoms with Crippen LogP contribution in [0.2, 0.25) is 0 Å². The minimum absolute atomic E-state index is 0.451. The molecule has 3 rings (SSSR count). The van der Waals surface area contributed by atoms with Gasteiger partial charge < -0.3 is 24.5 Å². The van der Waals surface area contributed by atoms with Crippen LogP contribution in [-0.2, 0) is 6.54 Å². The van der Waals surface area contributed by atoms with Crippen LogP contribution in [0.1, 0.15) is 21.6 Å². The zero-order valence-corrected chi connectivity index (χ0v) is 16.5. The summed E-state index contributed by atoms with van der Waals surface area (Å²) in [5, 5.41) is 0. The first-order chi connectivity index (χ1) is 13.5. The van der Waals surface area contributed by atoms with Gasteiger partial charge in [-0.2, -0.15) is 0 Å². The van der Waals surface area contributed by atoms with Gasteiger partial charge in [0.1, 0.15) is 5.75 Å².